The van der Waals surface area contributed by atoms with Crippen LogP contribution in [0.3, 0.4) is 0 Å². The number of non-ortho nitro benzene ring substituents is 1. The molecule has 0 radical (unpaired) electrons. The van der Waals surface area contributed by atoms with E-state index >= 15 is 0 Å². The van der Waals surface area contributed by atoms with Crippen molar-refractivity contribution in [3.05, 3.63) is 46.0 Å². The summed E-state index contributed by atoms with van der Waals surface area (Å²) in [6, 6.07) is 6.26. The van der Waals surface area contributed by atoms with Gasteiger partial charge in [-0.2, -0.15) is 0 Å². The van der Waals surface area contributed by atoms with Gasteiger partial charge in [-0.1, -0.05) is 19.1 Å². The number of amides is 1. The maximum Gasteiger partial charge on any atom is 0.270 e. The van der Waals surface area contributed by atoms with Gasteiger partial charge in [-0.05, 0) is 30.4 Å². The summed E-state index contributed by atoms with van der Waals surface area (Å²) < 4.78 is 0. The Morgan fingerprint density at radius 1 is 1.50 bits per heavy atom. The van der Waals surface area contributed by atoms with E-state index in [0.29, 0.717) is 11.5 Å². The van der Waals surface area contributed by atoms with Crippen LogP contribution in [-0.2, 0) is 4.79 Å². The summed E-state index contributed by atoms with van der Waals surface area (Å²) >= 11 is 0. The number of nitro groups is 1. The second kappa shape index (κ2) is 6.32. The van der Waals surface area contributed by atoms with Crippen LogP contribution in [0, 0.1) is 16.0 Å². The molecule has 20 heavy (non-hydrogen) atoms. The number of nitrogens with zero attached hydrogens (tertiary/aromatic N) is 2. The summed E-state index contributed by atoms with van der Waals surface area (Å²) in [5.74, 6) is 0.516. The number of benzene rings is 1. The van der Waals surface area contributed by atoms with Crippen LogP contribution in [0.2, 0.25) is 0 Å². The Morgan fingerprint density at radius 3 is 3.00 bits per heavy atom. The van der Waals surface area contributed by atoms with Gasteiger partial charge in [-0.15, -0.1) is 0 Å². The largest absolute Gasteiger partial charge is 0.339 e. The maximum atomic E-state index is 12.0. The number of hydrogen-bond donors (Lipinski definition) is 0. The Bertz CT molecular complexity index is 540. The topological polar surface area (TPSA) is 63.5 Å². The highest BCUT2D eigenvalue weighted by atomic mass is 16.6. The first-order valence-corrected chi connectivity index (χ1v) is 6.77. The van der Waals surface area contributed by atoms with E-state index in [9.17, 15) is 14.9 Å². The molecule has 1 amide bonds. The summed E-state index contributed by atoms with van der Waals surface area (Å²) in [5.41, 5.74) is 0.698. The Kier molecular flexibility index (Phi) is 4.50. The minimum atomic E-state index is -0.439. The van der Waals surface area contributed by atoms with E-state index in [2.05, 4.69) is 6.92 Å². The zero-order valence-corrected chi connectivity index (χ0v) is 11.5. The zero-order chi connectivity index (χ0) is 14.5. The van der Waals surface area contributed by atoms with Crippen LogP contribution in [0.1, 0.15) is 25.3 Å². The molecule has 0 aliphatic carbocycles. The predicted octanol–water partition coefficient (Wildman–Crippen LogP) is 2.87. The highest BCUT2D eigenvalue weighted by Crippen LogP contribution is 2.17. The van der Waals surface area contributed by atoms with Crippen molar-refractivity contribution in [1.82, 2.24) is 4.90 Å². The summed E-state index contributed by atoms with van der Waals surface area (Å²) in [7, 11) is 0. The van der Waals surface area contributed by atoms with Gasteiger partial charge < -0.3 is 4.90 Å². The van der Waals surface area contributed by atoms with Gasteiger partial charge in [0.15, 0.2) is 0 Å². The fourth-order valence-electron chi connectivity index (χ4n) is 2.40. The minimum Gasteiger partial charge on any atom is -0.339 e. The first kappa shape index (κ1) is 14.2. The van der Waals surface area contributed by atoms with Crippen LogP contribution in [-0.4, -0.2) is 28.8 Å². The first-order chi connectivity index (χ1) is 9.56. The van der Waals surface area contributed by atoms with Crippen molar-refractivity contribution in [3.8, 4) is 0 Å². The zero-order valence-electron chi connectivity index (χ0n) is 11.5. The van der Waals surface area contributed by atoms with Crippen LogP contribution < -0.4 is 0 Å². The van der Waals surface area contributed by atoms with Gasteiger partial charge in [0.1, 0.15) is 0 Å². The Hall–Kier alpha value is -2.17. The molecule has 1 saturated heterocycles. The highest BCUT2D eigenvalue weighted by molar-refractivity contribution is 5.91. The molecule has 0 spiro atoms. The van der Waals surface area contributed by atoms with Crippen molar-refractivity contribution < 1.29 is 9.72 Å². The van der Waals surface area contributed by atoms with Crippen LogP contribution in [0.25, 0.3) is 6.08 Å². The molecule has 0 saturated carbocycles. The number of piperidine rings is 1. The predicted molar refractivity (Wildman–Crippen MR) is 77.1 cm³/mol. The molecule has 0 N–H and O–H groups in total. The fraction of sp³-hybridized carbons (Fsp3) is 0.400. The van der Waals surface area contributed by atoms with Crippen LogP contribution in [0.4, 0.5) is 5.69 Å². The van der Waals surface area contributed by atoms with E-state index in [1.54, 1.807) is 18.2 Å². The number of hydrogen-bond acceptors (Lipinski definition) is 3. The lowest BCUT2D eigenvalue weighted by Gasteiger charge is -2.30. The normalized spacial score (nSPS) is 19.2. The Balaban J connectivity index is 2.03. The Labute approximate surface area is 118 Å². The van der Waals surface area contributed by atoms with Gasteiger partial charge in [0.2, 0.25) is 5.91 Å². The smallest absolute Gasteiger partial charge is 0.270 e. The molecule has 1 atom stereocenters. The first-order valence-electron chi connectivity index (χ1n) is 6.77. The van der Waals surface area contributed by atoms with E-state index in [1.165, 1.54) is 24.6 Å². The summed E-state index contributed by atoms with van der Waals surface area (Å²) in [5, 5.41) is 10.7. The number of likely N-dealkylation sites (tertiary alicyclic amines) is 1. The molecule has 1 aliphatic rings. The second-order valence-corrected chi connectivity index (χ2v) is 5.22. The summed E-state index contributed by atoms with van der Waals surface area (Å²) in [6.45, 7) is 3.73. The van der Waals surface area contributed by atoms with Crippen LogP contribution in [0.15, 0.2) is 30.3 Å². The van der Waals surface area contributed by atoms with Gasteiger partial charge in [0.05, 0.1) is 4.92 Å². The van der Waals surface area contributed by atoms with Gasteiger partial charge in [0, 0.05) is 31.3 Å². The van der Waals surface area contributed by atoms with Crippen molar-refractivity contribution in [2.75, 3.05) is 13.1 Å². The number of carbonyl (C=O) groups excluding carboxylic acids is 1. The quantitative estimate of drug-likeness (QED) is 0.483. The lowest BCUT2D eigenvalue weighted by atomic mass is 10.0. The minimum absolute atomic E-state index is 0.0249. The lowest BCUT2D eigenvalue weighted by Crippen LogP contribution is -2.38. The fourth-order valence-corrected chi connectivity index (χ4v) is 2.40. The standard InChI is InChI=1S/C15H18N2O3/c1-12-4-3-9-16(11-12)15(18)8-7-13-5-2-6-14(10-13)17(19)20/h2,5-8,10,12H,3-4,9,11H2,1H3/b8-7+/t12-/m1/s1. The molecule has 0 aromatic heterocycles. The molecular weight excluding hydrogens is 256 g/mol. The van der Waals surface area contributed by atoms with Crippen molar-refractivity contribution in [3.63, 3.8) is 0 Å². The van der Waals surface area contributed by atoms with E-state index in [1.807, 2.05) is 4.90 Å². The monoisotopic (exact) mass is 274 g/mol. The third-order valence-electron chi connectivity index (χ3n) is 3.47. The van der Waals surface area contributed by atoms with Crippen molar-refractivity contribution in [2.24, 2.45) is 5.92 Å². The van der Waals surface area contributed by atoms with Crippen LogP contribution in [0.5, 0.6) is 0 Å². The average Bonchev–Trinajstić information content (AvgIpc) is 2.45. The number of carbonyl (C=O) groups is 1. The van der Waals surface area contributed by atoms with E-state index < -0.39 is 4.92 Å². The molecule has 1 heterocycles. The van der Waals surface area contributed by atoms with E-state index in [4.69, 9.17) is 0 Å². The number of rotatable bonds is 3. The molecule has 0 unspecified atom stereocenters. The highest BCUT2D eigenvalue weighted by Gasteiger charge is 2.18. The second-order valence-electron chi connectivity index (χ2n) is 5.22. The van der Waals surface area contributed by atoms with Crippen molar-refractivity contribution in [2.45, 2.75) is 19.8 Å². The van der Waals surface area contributed by atoms with Gasteiger partial charge in [-0.25, -0.2) is 0 Å². The molecular formula is C15H18N2O3. The molecule has 5 heteroatoms. The molecule has 5 nitrogen and oxygen atoms in total. The molecule has 2 rings (SSSR count). The molecule has 106 valence electrons. The molecule has 1 aromatic rings. The molecule has 1 aromatic carbocycles. The SMILES string of the molecule is C[C@@H]1CCCN(C(=O)/C=C/c2cccc([N+](=O)[O-])c2)C1. The van der Waals surface area contributed by atoms with Crippen molar-refractivity contribution in [1.29, 1.82) is 0 Å². The molecule has 0 bridgehead atoms. The van der Waals surface area contributed by atoms with Crippen molar-refractivity contribution >= 4 is 17.7 Å². The molecule has 1 fully saturated rings. The lowest BCUT2D eigenvalue weighted by molar-refractivity contribution is -0.384. The Morgan fingerprint density at radius 2 is 2.30 bits per heavy atom. The number of nitro benzene ring substituents is 1. The van der Waals surface area contributed by atoms with E-state index in [0.717, 1.165) is 19.5 Å². The van der Waals surface area contributed by atoms with E-state index in [-0.39, 0.29) is 11.6 Å². The molecule has 1 aliphatic heterocycles. The third kappa shape index (κ3) is 3.66. The maximum absolute atomic E-state index is 12.0. The summed E-state index contributed by atoms with van der Waals surface area (Å²) in [4.78, 5) is 24.1. The van der Waals surface area contributed by atoms with Crippen LogP contribution >= 0.6 is 0 Å². The summed E-state index contributed by atoms with van der Waals surface area (Å²) in [6.07, 6.45) is 5.33. The van der Waals surface area contributed by atoms with Gasteiger partial charge in [-0.3, -0.25) is 14.9 Å². The van der Waals surface area contributed by atoms with Gasteiger partial charge >= 0.3 is 0 Å². The average molecular weight is 274 g/mol. The van der Waals surface area contributed by atoms with Gasteiger partial charge in [0.25, 0.3) is 5.69 Å². The third-order valence-corrected chi connectivity index (χ3v) is 3.47.